The summed E-state index contributed by atoms with van der Waals surface area (Å²) in [4.78, 5) is 18.8. The van der Waals surface area contributed by atoms with E-state index < -0.39 is 0 Å². The van der Waals surface area contributed by atoms with Gasteiger partial charge in [-0.15, -0.1) is 0 Å². The lowest BCUT2D eigenvalue weighted by atomic mass is 10.1. The van der Waals surface area contributed by atoms with Crippen molar-refractivity contribution in [2.45, 2.75) is 32.3 Å². The van der Waals surface area contributed by atoms with Crippen LogP contribution in [0.5, 0.6) is 5.75 Å². The Morgan fingerprint density at radius 3 is 2.76 bits per heavy atom. The summed E-state index contributed by atoms with van der Waals surface area (Å²) in [7, 11) is 1.65. The molecule has 2 aromatic rings. The number of hydrogen-bond acceptors (Lipinski definition) is 5. The number of nitrogens with zero attached hydrogens (tertiary/aromatic N) is 2. The highest BCUT2D eigenvalue weighted by atomic mass is 16.5. The molecule has 1 aromatic carbocycles. The van der Waals surface area contributed by atoms with E-state index in [2.05, 4.69) is 4.98 Å². The van der Waals surface area contributed by atoms with Crippen molar-refractivity contribution in [2.24, 2.45) is 0 Å². The summed E-state index contributed by atoms with van der Waals surface area (Å²) in [6.07, 6.45) is 4.22. The van der Waals surface area contributed by atoms with E-state index in [0.717, 1.165) is 37.2 Å². The Labute approximate surface area is 147 Å². The van der Waals surface area contributed by atoms with Gasteiger partial charge < -0.3 is 18.8 Å². The fraction of sp³-hybridized carbons (Fsp3) is 0.474. The first-order chi connectivity index (χ1) is 12.2. The lowest BCUT2D eigenvalue weighted by Gasteiger charge is -2.25. The number of amides is 1. The number of ether oxygens (including phenoxy) is 2. The summed E-state index contributed by atoms with van der Waals surface area (Å²) in [6.45, 7) is 3.72. The van der Waals surface area contributed by atoms with Gasteiger partial charge >= 0.3 is 0 Å². The van der Waals surface area contributed by atoms with E-state index >= 15 is 0 Å². The number of rotatable bonds is 7. The Balaban J connectivity index is 1.68. The van der Waals surface area contributed by atoms with Gasteiger partial charge in [0, 0.05) is 19.7 Å². The van der Waals surface area contributed by atoms with Crippen LogP contribution in [-0.2, 0) is 11.2 Å². The van der Waals surface area contributed by atoms with E-state index in [1.807, 2.05) is 29.2 Å². The van der Waals surface area contributed by atoms with Crippen molar-refractivity contribution < 1.29 is 18.7 Å². The molecule has 1 amide bonds. The summed E-state index contributed by atoms with van der Waals surface area (Å²) in [5.41, 5.74) is 1.54. The summed E-state index contributed by atoms with van der Waals surface area (Å²) in [5.74, 6) is 1.27. The van der Waals surface area contributed by atoms with Crippen LogP contribution in [0.25, 0.3) is 0 Å². The quantitative estimate of drug-likeness (QED) is 0.773. The van der Waals surface area contributed by atoms with Crippen molar-refractivity contribution >= 4 is 5.91 Å². The molecule has 134 valence electrons. The molecule has 0 spiro atoms. The lowest BCUT2D eigenvalue weighted by Crippen LogP contribution is -2.39. The van der Waals surface area contributed by atoms with Crippen LogP contribution in [0, 0.1) is 6.92 Å². The van der Waals surface area contributed by atoms with Crippen LogP contribution in [0.2, 0.25) is 0 Å². The predicted molar refractivity (Wildman–Crippen MR) is 92.8 cm³/mol. The fourth-order valence-electron chi connectivity index (χ4n) is 3.03. The second-order valence-electron chi connectivity index (χ2n) is 6.24. The predicted octanol–water partition coefficient (Wildman–Crippen LogP) is 2.86. The molecular formula is C19H24N2O4. The Kier molecular flexibility index (Phi) is 5.71. The van der Waals surface area contributed by atoms with Crippen molar-refractivity contribution in [2.75, 3.05) is 26.8 Å². The van der Waals surface area contributed by atoms with Crippen LogP contribution in [0.3, 0.4) is 0 Å². The van der Waals surface area contributed by atoms with E-state index in [4.69, 9.17) is 13.9 Å². The monoisotopic (exact) mass is 344 g/mol. The molecule has 2 heterocycles. The van der Waals surface area contributed by atoms with Gasteiger partial charge in [-0.05, 0) is 43.9 Å². The molecule has 6 nitrogen and oxygen atoms in total. The molecule has 0 aliphatic carbocycles. The fourth-order valence-corrected chi connectivity index (χ4v) is 3.03. The Hall–Kier alpha value is -2.34. The molecule has 1 atom stereocenters. The number of carbonyl (C=O) groups is 1. The molecule has 1 fully saturated rings. The normalized spacial score (nSPS) is 16.8. The second-order valence-corrected chi connectivity index (χ2v) is 6.24. The third kappa shape index (κ3) is 4.39. The maximum Gasteiger partial charge on any atom is 0.276 e. The molecule has 0 radical (unpaired) electrons. The topological polar surface area (TPSA) is 64.8 Å². The third-order valence-corrected chi connectivity index (χ3v) is 4.51. The molecule has 0 bridgehead atoms. The smallest absolute Gasteiger partial charge is 0.276 e. The molecule has 6 heteroatoms. The van der Waals surface area contributed by atoms with E-state index in [9.17, 15) is 4.79 Å². The van der Waals surface area contributed by atoms with Gasteiger partial charge in [-0.3, -0.25) is 4.79 Å². The number of oxazole rings is 1. The molecule has 1 aromatic heterocycles. The number of aromatic nitrogens is 1. The number of aryl methyl sites for hydroxylation is 1. The summed E-state index contributed by atoms with van der Waals surface area (Å²) in [6, 6.07) is 7.91. The zero-order valence-electron chi connectivity index (χ0n) is 14.7. The van der Waals surface area contributed by atoms with Crippen molar-refractivity contribution in [1.29, 1.82) is 0 Å². The highest BCUT2D eigenvalue weighted by Crippen LogP contribution is 2.17. The first kappa shape index (κ1) is 17.5. The van der Waals surface area contributed by atoms with Crippen molar-refractivity contribution in [1.82, 2.24) is 9.88 Å². The van der Waals surface area contributed by atoms with Crippen LogP contribution in [0.1, 0.15) is 34.7 Å². The van der Waals surface area contributed by atoms with Gasteiger partial charge in [0.1, 0.15) is 11.5 Å². The maximum atomic E-state index is 12.9. The van der Waals surface area contributed by atoms with Crippen LogP contribution in [0.4, 0.5) is 0 Å². The lowest BCUT2D eigenvalue weighted by molar-refractivity contribution is 0.0523. The van der Waals surface area contributed by atoms with Crippen molar-refractivity contribution in [3.63, 3.8) is 0 Å². The molecule has 0 saturated carbocycles. The van der Waals surface area contributed by atoms with E-state index in [1.165, 1.54) is 6.39 Å². The van der Waals surface area contributed by atoms with Gasteiger partial charge in [-0.2, -0.15) is 0 Å². The SMILES string of the molecule is COc1ccc(CCN(CC2CCCO2)C(=O)c2ncoc2C)cc1. The van der Waals surface area contributed by atoms with Crippen LogP contribution >= 0.6 is 0 Å². The van der Waals surface area contributed by atoms with Crippen LogP contribution in [0.15, 0.2) is 35.1 Å². The number of carbonyl (C=O) groups excluding carboxylic acids is 1. The maximum absolute atomic E-state index is 12.9. The summed E-state index contributed by atoms with van der Waals surface area (Å²) >= 11 is 0. The molecule has 1 aliphatic heterocycles. The number of benzene rings is 1. The van der Waals surface area contributed by atoms with Crippen LogP contribution in [-0.4, -0.2) is 48.7 Å². The average Bonchev–Trinajstić information content (AvgIpc) is 3.30. The highest BCUT2D eigenvalue weighted by Gasteiger charge is 2.26. The van der Waals surface area contributed by atoms with E-state index in [1.54, 1.807) is 14.0 Å². The molecular weight excluding hydrogens is 320 g/mol. The van der Waals surface area contributed by atoms with Gasteiger partial charge in [0.2, 0.25) is 0 Å². The first-order valence-electron chi connectivity index (χ1n) is 8.61. The molecule has 3 rings (SSSR count). The minimum absolute atomic E-state index is 0.102. The van der Waals surface area contributed by atoms with Gasteiger partial charge in [-0.25, -0.2) is 4.98 Å². The molecule has 0 N–H and O–H groups in total. The first-order valence-corrected chi connectivity index (χ1v) is 8.61. The summed E-state index contributed by atoms with van der Waals surface area (Å²) in [5, 5.41) is 0. The van der Waals surface area contributed by atoms with Gasteiger partial charge in [0.25, 0.3) is 5.91 Å². The minimum atomic E-state index is -0.102. The van der Waals surface area contributed by atoms with Gasteiger partial charge in [-0.1, -0.05) is 12.1 Å². The second kappa shape index (κ2) is 8.16. The third-order valence-electron chi connectivity index (χ3n) is 4.51. The molecule has 1 aliphatic rings. The average molecular weight is 344 g/mol. The van der Waals surface area contributed by atoms with Crippen molar-refractivity contribution in [3.8, 4) is 5.75 Å². The molecule has 25 heavy (non-hydrogen) atoms. The number of methoxy groups -OCH3 is 1. The zero-order valence-corrected chi connectivity index (χ0v) is 14.7. The Morgan fingerprint density at radius 1 is 1.36 bits per heavy atom. The van der Waals surface area contributed by atoms with Crippen molar-refractivity contribution in [3.05, 3.63) is 47.7 Å². The minimum Gasteiger partial charge on any atom is -0.497 e. The zero-order chi connectivity index (χ0) is 17.6. The van der Waals surface area contributed by atoms with Gasteiger partial charge in [0.05, 0.1) is 13.2 Å². The Morgan fingerprint density at radius 2 is 2.16 bits per heavy atom. The number of hydrogen-bond donors (Lipinski definition) is 0. The standard InChI is InChI=1S/C19H24N2O4/c1-14-18(20-13-25-14)19(22)21(12-17-4-3-11-24-17)10-9-15-5-7-16(23-2)8-6-15/h5-8,13,17H,3-4,9-12H2,1-2H3. The van der Waals surface area contributed by atoms with E-state index in [0.29, 0.717) is 24.5 Å². The molecule has 1 unspecified atom stereocenters. The summed E-state index contributed by atoms with van der Waals surface area (Å²) < 4.78 is 16.1. The largest absolute Gasteiger partial charge is 0.497 e. The highest BCUT2D eigenvalue weighted by molar-refractivity contribution is 5.93. The Bertz CT molecular complexity index is 690. The van der Waals surface area contributed by atoms with E-state index in [-0.39, 0.29) is 12.0 Å². The van der Waals surface area contributed by atoms with Gasteiger partial charge in [0.15, 0.2) is 12.1 Å². The molecule has 1 saturated heterocycles. The van der Waals surface area contributed by atoms with Crippen LogP contribution < -0.4 is 4.74 Å².